The van der Waals surface area contributed by atoms with Crippen LogP contribution in [0, 0.1) is 18.6 Å². The van der Waals surface area contributed by atoms with Gasteiger partial charge in [0.2, 0.25) is 0 Å². The number of benzene rings is 1. The summed E-state index contributed by atoms with van der Waals surface area (Å²) in [7, 11) is 0. The zero-order chi connectivity index (χ0) is 13.4. The molecule has 1 aromatic carbocycles. The molecule has 1 heterocycles. The van der Waals surface area contributed by atoms with Crippen LogP contribution in [0.5, 0.6) is 0 Å². The first kappa shape index (κ1) is 12.5. The van der Waals surface area contributed by atoms with Gasteiger partial charge in [0.05, 0.1) is 10.6 Å². The van der Waals surface area contributed by atoms with Crippen LogP contribution in [0.1, 0.15) is 16.1 Å². The summed E-state index contributed by atoms with van der Waals surface area (Å²) in [6.07, 6.45) is 0. The number of aromatic carboxylic acids is 1. The molecule has 0 aliphatic heterocycles. The molecule has 7 heteroatoms. The van der Waals surface area contributed by atoms with Crippen molar-refractivity contribution >= 4 is 17.6 Å². The molecule has 0 saturated heterocycles. The monoisotopic (exact) mass is 273 g/mol. The lowest BCUT2D eigenvalue weighted by molar-refractivity contribution is 0.0696. The standard InChI is InChI=1S/C11H6ClF2NO3/c1-4-7(11(16)17)10(15-18-4)8-6(13)3-2-5(12)9(8)14/h2-3H,1H3,(H,16,17). The van der Waals surface area contributed by atoms with E-state index in [1.165, 1.54) is 6.92 Å². The predicted molar refractivity (Wildman–Crippen MR) is 58.6 cm³/mol. The van der Waals surface area contributed by atoms with Gasteiger partial charge in [-0.05, 0) is 19.1 Å². The average Bonchev–Trinajstić information content (AvgIpc) is 2.66. The van der Waals surface area contributed by atoms with Gasteiger partial charge in [-0.25, -0.2) is 13.6 Å². The highest BCUT2D eigenvalue weighted by Gasteiger charge is 2.26. The van der Waals surface area contributed by atoms with Crippen molar-refractivity contribution in [2.45, 2.75) is 6.92 Å². The Morgan fingerprint density at radius 3 is 2.72 bits per heavy atom. The highest BCUT2D eigenvalue weighted by Crippen LogP contribution is 2.32. The Balaban J connectivity index is 2.78. The third-order valence-electron chi connectivity index (χ3n) is 2.36. The maximum absolute atomic E-state index is 13.8. The predicted octanol–water partition coefficient (Wildman–Crippen LogP) is 3.28. The van der Waals surface area contributed by atoms with Crippen LogP contribution in [-0.2, 0) is 0 Å². The first-order valence-electron chi connectivity index (χ1n) is 4.77. The van der Waals surface area contributed by atoms with Crippen molar-refractivity contribution in [3.8, 4) is 11.3 Å². The molecule has 0 bridgehead atoms. The van der Waals surface area contributed by atoms with Gasteiger partial charge >= 0.3 is 5.97 Å². The van der Waals surface area contributed by atoms with Crippen LogP contribution in [0.25, 0.3) is 11.3 Å². The topological polar surface area (TPSA) is 63.3 Å². The number of carboxylic acid groups (broad SMARTS) is 1. The summed E-state index contributed by atoms with van der Waals surface area (Å²) in [5, 5.41) is 12.0. The van der Waals surface area contributed by atoms with E-state index in [9.17, 15) is 13.6 Å². The second-order valence-corrected chi connectivity index (χ2v) is 3.89. The first-order chi connectivity index (χ1) is 8.43. The molecular weight excluding hydrogens is 268 g/mol. The van der Waals surface area contributed by atoms with Gasteiger partial charge in [-0.15, -0.1) is 0 Å². The molecule has 2 aromatic rings. The quantitative estimate of drug-likeness (QED) is 0.853. The Bertz CT molecular complexity index is 639. The molecule has 0 aliphatic carbocycles. The van der Waals surface area contributed by atoms with Gasteiger partial charge in [0.15, 0.2) is 5.82 Å². The normalized spacial score (nSPS) is 10.7. The summed E-state index contributed by atoms with van der Waals surface area (Å²) < 4.78 is 32.0. The summed E-state index contributed by atoms with van der Waals surface area (Å²) in [4.78, 5) is 11.0. The summed E-state index contributed by atoms with van der Waals surface area (Å²) in [6, 6.07) is 1.96. The summed E-state index contributed by atoms with van der Waals surface area (Å²) in [5.74, 6) is -3.47. The van der Waals surface area contributed by atoms with E-state index in [4.69, 9.17) is 16.7 Å². The number of rotatable bonds is 2. The van der Waals surface area contributed by atoms with Crippen LogP contribution < -0.4 is 0 Å². The van der Waals surface area contributed by atoms with Crippen LogP contribution in [0.3, 0.4) is 0 Å². The van der Waals surface area contributed by atoms with Gasteiger partial charge in [-0.2, -0.15) is 0 Å². The molecular formula is C11H6ClF2NO3. The smallest absolute Gasteiger partial charge is 0.341 e. The lowest BCUT2D eigenvalue weighted by Crippen LogP contribution is -2.02. The van der Waals surface area contributed by atoms with E-state index in [-0.39, 0.29) is 10.8 Å². The summed E-state index contributed by atoms with van der Waals surface area (Å²) in [6.45, 7) is 1.33. The molecule has 2 rings (SSSR count). The van der Waals surface area contributed by atoms with Crippen molar-refractivity contribution in [3.63, 3.8) is 0 Å². The van der Waals surface area contributed by atoms with E-state index in [0.29, 0.717) is 0 Å². The van der Waals surface area contributed by atoms with E-state index >= 15 is 0 Å². The highest BCUT2D eigenvalue weighted by atomic mass is 35.5. The SMILES string of the molecule is Cc1onc(-c2c(F)ccc(Cl)c2F)c1C(=O)O. The number of hydrogen-bond donors (Lipinski definition) is 1. The third-order valence-corrected chi connectivity index (χ3v) is 2.65. The van der Waals surface area contributed by atoms with Gasteiger partial charge in [0.1, 0.15) is 22.8 Å². The van der Waals surface area contributed by atoms with Gasteiger partial charge in [0.25, 0.3) is 0 Å². The van der Waals surface area contributed by atoms with Crippen molar-refractivity contribution in [3.05, 3.63) is 40.1 Å². The number of aromatic nitrogens is 1. The van der Waals surface area contributed by atoms with Crippen molar-refractivity contribution in [2.75, 3.05) is 0 Å². The molecule has 0 aliphatic rings. The Morgan fingerprint density at radius 1 is 1.44 bits per heavy atom. The fraction of sp³-hybridized carbons (Fsp3) is 0.0909. The average molecular weight is 274 g/mol. The lowest BCUT2D eigenvalue weighted by atomic mass is 10.1. The number of carboxylic acids is 1. The molecule has 0 saturated carbocycles. The van der Waals surface area contributed by atoms with E-state index in [0.717, 1.165) is 12.1 Å². The molecule has 94 valence electrons. The molecule has 0 unspecified atom stereocenters. The second-order valence-electron chi connectivity index (χ2n) is 3.49. The largest absolute Gasteiger partial charge is 0.477 e. The van der Waals surface area contributed by atoms with Crippen molar-refractivity contribution in [1.82, 2.24) is 5.16 Å². The maximum Gasteiger partial charge on any atom is 0.341 e. The van der Waals surface area contributed by atoms with Crippen LogP contribution >= 0.6 is 11.6 Å². The number of carbonyl (C=O) groups is 1. The molecule has 0 fully saturated rings. The Morgan fingerprint density at radius 2 is 2.11 bits per heavy atom. The highest BCUT2D eigenvalue weighted by molar-refractivity contribution is 6.31. The number of halogens is 3. The van der Waals surface area contributed by atoms with Gasteiger partial charge < -0.3 is 9.63 Å². The van der Waals surface area contributed by atoms with Crippen LogP contribution in [0.15, 0.2) is 16.7 Å². The summed E-state index contributed by atoms with van der Waals surface area (Å²) in [5.41, 5.74) is -1.43. The second kappa shape index (κ2) is 4.38. The Kier molecular flexibility index (Phi) is 3.04. The fourth-order valence-corrected chi connectivity index (χ4v) is 1.70. The number of hydrogen-bond acceptors (Lipinski definition) is 3. The Labute approximate surface area is 105 Å². The van der Waals surface area contributed by atoms with E-state index in [2.05, 4.69) is 9.68 Å². The minimum Gasteiger partial charge on any atom is -0.477 e. The molecule has 1 aromatic heterocycles. The number of aryl methyl sites for hydroxylation is 1. The van der Waals surface area contributed by atoms with E-state index in [1.54, 1.807) is 0 Å². The maximum atomic E-state index is 13.8. The van der Waals surface area contributed by atoms with Crippen molar-refractivity contribution < 1.29 is 23.2 Å². The van der Waals surface area contributed by atoms with Gasteiger partial charge in [0, 0.05) is 0 Å². The first-order valence-corrected chi connectivity index (χ1v) is 5.14. The van der Waals surface area contributed by atoms with Gasteiger partial charge in [-0.1, -0.05) is 16.8 Å². The number of nitrogens with zero attached hydrogens (tertiary/aromatic N) is 1. The Hall–Kier alpha value is -1.95. The molecule has 18 heavy (non-hydrogen) atoms. The summed E-state index contributed by atoms with van der Waals surface area (Å²) >= 11 is 5.53. The van der Waals surface area contributed by atoms with Crippen LogP contribution in [0.2, 0.25) is 5.02 Å². The zero-order valence-corrected chi connectivity index (χ0v) is 9.76. The minimum absolute atomic E-state index is 0.0451. The lowest BCUT2D eigenvalue weighted by Gasteiger charge is -2.03. The zero-order valence-electron chi connectivity index (χ0n) is 9.00. The molecule has 0 spiro atoms. The molecule has 0 atom stereocenters. The third kappa shape index (κ3) is 1.84. The van der Waals surface area contributed by atoms with Crippen LogP contribution in [-0.4, -0.2) is 16.2 Å². The van der Waals surface area contributed by atoms with Crippen molar-refractivity contribution in [1.29, 1.82) is 0 Å². The minimum atomic E-state index is -1.39. The van der Waals surface area contributed by atoms with Crippen molar-refractivity contribution in [2.24, 2.45) is 0 Å². The fourth-order valence-electron chi connectivity index (χ4n) is 1.54. The molecule has 0 amide bonds. The van der Waals surface area contributed by atoms with Crippen LogP contribution in [0.4, 0.5) is 8.78 Å². The molecule has 4 nitrogen and oxygen atoms in total. The van der Waals surface area contributed by atoms with Gasteiger partial charge in [-0.3, -0.25) is 0 Å². The molecule has 1 N–H and O–H groups in total. The van der Waals surface area contributed by atoms with E-state index in [1.807, 2.05) is 0 Å². The molecule has 0 radical (unpaired) electrons. The van der Waals surface area contributed by atoms with E-state index < -0.39 is 34.4 Å².